The summed E-state index contributed by atoms with van der Waals surface area (Å²) >= 11 is 0. The van der Waals surface area contributed by atoms with Gasteiger partial charge in [-0.25, -0.2) is 46.6 Å². The molecule has 2 aromatic carbocycles. The third kappa shape index (κ3) is 13.1. The standard InChI is InChI=1S/C43H58N9O18P3S/c1-4-50-14-9-11-26-17-29-33(19-31(26)50)67-34-20-32-28(18-30(34)49-29)27(23-74(62,63)64)21-43(2,3)52(32)15-10-12-36(53)45-13-7-5-6-8-16-65-71(56,57)69-73(60,61)70-72(58,59)66-22-35-38(54)39(55)42(68-35)51-25-48-37-40(44)46-24-47-41(37)51/h17-21,24-25,35,38-39,42,54-55H,4-16,22-23H2,1-3H3,(H6-,44,45,46,47,53,56,57,58,59,60,61,62,63,64)/t35-,38-,39-,42-/m1/s1. The smallest absolute Gasteiger partial charge is 0.490 e. The van der Waals surface area contributed by atoms with Crippen molar-refractivity contribution in [3.63, 3.8) is 0 Å². The maximum Gasteiger partial charge on any atom is 0.490 e. The van der Waals surface area contributed by atoms with Crippen molar-refractivity contribution in [2.45, 2.75) is 102 Å². The summed E-state index contributed by atoms with van der Waals surface area (Å²) < 4.78 is 107. The minimum absolute atomic E-state index is 0.0270. The van der Waals surface area contributed by atoms with Crippen LogP contribution in [0.25, 0.3) is 16.7 Å². The summed E-state index contributed by atoms with van der Waals surface area (Å²) in [6, 6.07) is 7.62. The Hall–Kier alpha value is -4.60. The highest BCUT2D eigenvalue weighted by Gasteiger charge is 2.47. The molecule has 0 spiro atoms. The molecule has 0 bridgehead atoms. The first-order valence-electron chi connectivity index (χ1n) is 23.7. The minimum atomic E-state index is -5.81. The van der Waals surface area contributed by atoms with E-state index >= 15 is 0 Å². The molecular formula is C43H58N9O18P3S. The van der Waals surface area contributed by atoms with Gasteiger partial charge in [0, 0.05) is 48.8 Å². The molecule has 27 nitrogen and oxygen atoms in total. The van der Waals surface area contributed by atoms with Gasteiger partial charge < -0.3 is 54.9 Å². The molecule has 8 N–H and O–H groups in total. The molecule has 1 fully saturated rings. The number of imidazole rings is 1. The Morgan fingerprint density at radius 2 is 1.72 bits per heavy atom. The maximum absolute atomic E-state index is 12.9. The van der Waals surface area contributed by atoms with Gasteiger partial charge in [-0.3, -0.25) is 18.4 Å². The van der Waals surface area contributed by atoms with Crippen LogP contribution in [0.15, 0.2) is 48.0 Å². The molecule has 3 unspecified atom stereocenters. The minimum Gasteiger partial charge on any atom is -0.748 e. The summed E-state index contributed by atoms with van der Waals surface area (Å²) in [4.78, 5) is 61.9. The average molecular weight is 1110 g/mol. The lowest BCUT2D eigenvalue weighted by Crippen LogP contribution is -2.46. The molecule has 6 heterocycles. The summed E-state index contributed by atoms with van der Waals surface area (Å²) in [7, 11) is -21.4. The Labute approximate surface area is 424 Å². The van der Waals surface area contributed by atoms with Crippen molar-refractivity contribution >= 4 is 73.4 Å². The third-order valence-corrected chi connectivity index (χ3v) is 17.7. The van der Waals surface area contributed by atoms with Crippen LogP contribution in [0.4, 0.5) is 17.2 Å². The van der Waals surface area contributed by atoms with Gasteiger partial charge >= 0.3 is 23.5 Å². The summed E-state index contributed by atoms with van der Waals surface area (Å²) in [5, 5.41) is 25.7. The van der Waals surface area contributed by atoms with Crippen LogP contribution in [0.3, 0.4) is 0 Å². The molecule has 8 rings (SSSR count). The summed E-state index contributed by atoms with van der Waals surface area (Å²) in [6.45, 7) is 6.99. The van der Waals surface area contributed by atoms with Crippen molar-refractivity contribution < 1.29 is 83.5 Å². The van der Waals surface area contributed by atoms with Crippen molar-refractivity contribution in [2.24, 2.45) is 4.99 Å². The van der Waals surface area contributed by atoms with Crippen LogP contribution in [0.5, 0.6) is 11.5 Å². The maximum atomic E-state index is 12.9. The number of nitrogens with one attached hydrogen (secondary N) is 1. The zero-order chi connectivity index (χ0) is 53.4. The first-order chi connectivity index (χ1) is 34.8. The van der Waals surface area contributed by atoms with E-state index in [4.69, 9.17) is 24.7 Å². The number of aliphatic hydroxyl groups excluding tert-OH is 2. The summed E-state index contributed by atoms with van der Waals surface area (Å²) in [6.07, 6.45) is 2.10. The van der Waals surface area contributed by atoms with E-state index < -0.39 is 82.6 Å². The van der Waals surface area contributed by atoms with Gasteiger partial charge in [-0.15, -0.1) is 0 Å². The van der Waals surface area contributed by atoms with Crippen LogP contribution in [0.1, 0.15) is 83.1 Å². The molecule has 31 heteroatoms. The monoisotopic (exact) mass is 1110 g/mol. The Bertz CT molecular complexity index is 3230. The fourth-order valence-corrected chi connectivity index (χ4v) is 13.5. The number of nitrogens with zero attached hydrogens (tertiary/aromatic N) is 7. The number of carbonyl (C=O) groups excluding carboxylic acids is 1. The van der Waals surface area contributed by atoms with Crippen LogP contribution < -0.4 is 36.0 Å². The second kappa shape index (κ2) is 22.2. The number of carbonyl (C=O) groups is 1. The van der Waals surface area contributed by atoms with Gasteiger partial charge in [-0.05, 0) is 64.2 Å². The number of benzene rings is 2. The largest absolute Gasteiger partial charge is 0.748 e. The lowest BCUT2D eigenvalue weighted by atomic mass is 9.88. The van der Waals surface area contributed by atoms with Gasteiger partial charge in [0.15, 0.2) is 29.2 Å². The number of aryl methyl sites for hydroxylation is 1. The van der Waals surface area contributed by atoms with Crippen LogP contribution >= 0.6 is 23.5 Å². The van der Waals surface area contributed by atoms with E-state index in [1.807, 2.05) is 36.9 Å². The van der Waals surface area contributed by atoms with E-state index in [1.165, 1.54) is 16.5 Å². The summed E-state index contributed by atoms with van der Waals surface area (Å²) in [5.74, 6) is 0.192. The van der Waals surface area contributed by atoms with Gasteiger partial charge in [-0.1, -0.05) is 18.9 Å². The van der Waals surface area contributed by atoms with Crippen LogP contribution in [-0.2, 0) is 57.4 Å². The fraction of sp³-hybridized carbons (Fsp3) is 0.535. The number of hydrogen-bond donors (Lipinski definition) is 7. The highest BCUT2D eigenvalue weighted by molar-refractivity contribution is 7.86. The SMILES string of the molecule is CC[N+]1=c2cc3c(cc2CCC1)=Nc1cc2c(cc1O3)N(CCCC(=O)NCCCCCCOP(=O)(O)OP(=O)(O)OP(=O)(O)OC[C@H]1O[C@@H](n3cnc4c(N)ncnc43)[C@H](O)[C@@H]1O)C(C)(C)C=C2CS(=O)(=O)[O-]. The number of phosphoric ester groups is 2. The zero-order valence-corrected chi connectivity index (χ0v) is 44.0. The number of phosphoric acid groups is 3. The molecule has 0 saturated carbocycles. The predicted molar refractivity (Wildman–Crippen MR) is 262 cm³/mol. The molecule has 1 amide bonds. The number of aliphatic hydroxyl groups is 2. The molecule has 4 aliphatic rings. The van der Waals surface area contributed by atoms with Gasteiger partial charge in [0.05, 0.1) is 47.0 Å². The van der Waals surface area contributed by atoms with Crippen LogP contribution in [-0.4, -0.2) is 132 Å². The lowest BCUT2D eigenvalue weighted by Gasteiger charge is -2.44. The molecule has 7 atom stereocenters. The van der Waals surface area contributed by atoms with Gasteiger partial charge in [-0.2, -0.15) is 8.62 Å². The molecule has 4 aromatic rings. The van der Waals surface area contributed by atoms with E-state index in [1.54, 1.807) is 12.1 Å². The molecule has 404 valence electrons. The van der Waals surface area contributed by atoms with E-state index in [-0.39, 0.29) is 35.7 Å². The fourth-order valence-electron chi connectivity index (χ4n) is 9.36. The van der Waals surface area contributed by atoms with Crippen molar-refractivity contribution in [1.29, 1.82) is 0 Å². The van der Waals surface area contributed by atoms with Crippen LogP contribution in [0, 0.1) is 0 Å². The van der Waals surface area contributed by atoms with Crippen molar-refractivity contribution in [3.05, 3.63) is 64.8 Å². The number of ether oxygens (including phenoxy) is 2. The second-order valence-electron chi connectivity index (χ2n) is 18.6. The Kier molecular flexibility index (Phi) is 16.7. The zero-order valence-electron chi connectivity index (χ0n) is 40.5. The van der Waals surface area contributed by atoms with E-state index in [0.717, 1.165) is 37.6 Å². The van der Waals surface area contributed by atoms with Crippen LogP contribution in [0.2, 0.25) is 0 Å². The van der Waals surface area contributed by atoms with Gasteiger partial charge in [0.25, 0.3) is 0 Å². The van der Waals surface area contributed by atoms with E-state index in [0.29, 0.717) is 78.1 Å². The molecule has 74 heavy (non-hydrogen) atoms. The Morgan fingerprint density at radius 3 is 2.46 bits per heavy atom. The van der Waals surface area contributed by atoms with Crippen molar-refractivity contribution in [3.8, 4) is 11.5 Å². The first-order valence-corrected chi connectivity index (χ1v) is 29.7. The molecule has 0 aliphatic carbocycles. The van der Waals surface area contributed by atoms with E-state index in [2.05, 4.69) is 44.9 Å². The quantitative estimate of drug-likeness (QED) is 0.0214. The number of nitrogens with two attached hydrogens (primary N) is 1. The predicted octanol–water partition coefficient (Wildman–Crippen LogP) is 2.59. The number of nitrogen functional groups attached to an aromatic ring is 1. The highest BCUT2D eigenvalue weighted by atomic mass is 32.2. The van der Waals surface area contributed by atoms with Crippen molar-refractivity contribution in [2.75, 3.05) is 55.8 Å². The topological polar surface area (TPSA) is 382 Å². The van der Waals surface area contributed by atoms with E-state index in [9.17, 15) is 56.4 Å². The number of unbranched alkanes of at least 4 members (excludes halogenated alkanes) is 3. The number of anilines is 2. The highest BCUT2D eigenvalue weighted by Crippen LogP contribution is 2.68. The van der Waals surface area contributed by atoms with Gasteiger partial charge in [0.1, 0.15) is 54.3 Å². The third-order valence-electron chi connectivity index (χ3n) is 12.7. The average Bonchev–Trinajstić information content (AvgIpc) is 3.86. The number of fused-ring (bicyclic) bond motifs is 5. The molecule has 1 saturated heterocycles. The van der Waals surface area contributed by atoms with Gasteiger partial charge in [0.2, 0.25) is 11.3 Å². The number of amides is 1. The lowest BCUT2D eigenvalue weighted by molar-refractivity contribution is -0.121. The Balaban J connectivity index is 0.755. The first kappa shape index (κ1) is 55.6. The Morgan fingerprint density at radius 1 is 0.973 bits per heavy atom. The normalized spacial score (nSPS) is 22.5. The second-order valence-corrected chi connectivity index (χ2v) is 24.6. The summed E-state index contributed by atoms with van der Waals surface area (Å²) in [5.41, 5.74) is 8.55. The molecule has 4 aliphatic heterocycles. The van der Waals surface area contributed by atoms with Crippen molar-refractivity contribution in [1.82, 2.24) is 29.4 Å². The molecular weight excluding hydrogens is 1060 g/mol. The molecule has 2 aromatic heterocycles. The molecule has 0 radical (unpaired) electrons. The number of aromatic nitrogens is 4. The number of hydrogen-bond acceptors (Lipinski definition) is 21. The number of rotatable bonds is 23.